The zero-order valence-electron chi connectivity index (χ0n) is 13.8. The molecule has 6 heteroatoms. The minimum atomic E-state index is -0.792. The molecule has 0 aliphatic rings. The average molecular weight is 343 g/mol. The van der Waals surface area contributed by atoms with E-state index >= 15 is 0 Å². The van der Waals surface area contributed by atoms with Crippen LogP contribution in [0.1, 0.15) is 18.4 Å². The van der Waals surface area contributed by atoms with Crippen LogP contribution in [0.2, 0.25) is 0 Å². The van der Waals surface area contributed by atoms with Gasteiger partial charge in [0.2, 0.25) is 0 Å². The van der Waals surface area contributed by atoms with Gasteiger partial charge in [0.15, 0.2) is 6.79 Å². The van der Waals surface area contributed by atoms with E-state index in [4.69, 9.17) is 14.6 Å². The first kappa shape index (κ1) is 18.5. The quantitative estimate of drug-likeness (QED) is 0.511. The van der Waals surface area contributed by atoms with Crippen molar-refractivity contribution in [1.82, 2.24) is 0 Å². The van der Waals surface area contributed by atoms with Crippen molar-refractivity contribution in [3.05, 3.63) is 60.2 Å². The van der Waals surface area contributed by atoms with Crippen LogP contribution in [0.5, 0.6) is 5.75 Å². The topological polar surface area (TPSA) is 84.9 Å². The van der Waals surface area contributed by atoms with Crippen LogP contribution in [-0.4, -0.2) is 30.4 Å². The summed E-state index contributed by atoms with van der Waals surface area (Å²) in [7, 11) is 0. The molecule has 0 saturated heterocycles. The lowest BCUT2D eigenvalue weighted by molar-refractivity contribution is -0.137. The van der Waals surface area contributed by atoms with Gasteiger partial charge in [0.1, 0.15) is 12.4 Å². The molecule has 1 amide bonds. The molecule has 0 spiro atoms. The van der Waals surface area contributed by atoms with Crippen molar-refractivity contribution in [2.45, 2.75) is 19.3 Å². The normalized spacial score (nSPS) is 10.2. The number of carbonyl (C=O) groups is 2. The molecule has 2 N–H and O–H groups in total. The van der Waals surface area contributed by atoms with Gasteiger partial charge in [-0.2, -0.15) is 0 Å². The van der Waals surface area contributed by atoms with Crippen molar-refractivity contribution in [3.63, 3.8) is 0 Å². The lowest BCUT2D eigenvalue weighted by Gasteiger charge is -2.08. The van der Waals surface area contributed by atoms with E-state index in [1.54, 1.807) is 24.3 Å². The van der Waals surface area contributed by atoms with Crippen molar-refractivity contribution in [3.8, 4) is 5.75 Å². The van der Waals surface area contributed by atoms with E-state index in [2.05, 4.69) is 5.32 Å². The zero-order chi connectivity index (χ0) is 17.9. The first-order valence-electron chi connectivity index (χ1n) is 7.99. The fourth-order valence-corrected chi connectivity index (χ4v) is 2.16. The second-order valence-corrected chi connectivity index (χ2v) is 5.42. The Kier molecular flexibility index (Phi) is 7.46. The van der Waals surface area contributed by atoms with Gasteiger partial charge >= 0.3 is 5.97 Å². The predicted octanol–water partition coefficient (Wildman–Crippen LogP) is 3.09. The molecule has 0 heterocycles. The van der Waals surface area contributed by atoms with Gasteiger partial charge in [-0.15, -0.1) is 0 Å². The zero-order valence-corrected chi connectivity index (χ0v) is 13.8. The molecule has 0 bridgehead atoms. The Morgan fingerprint density at radius 3 is 2.40 bits per heavy atom. The second kappa shape index (κ2) is 10.1. The van der Waals surface area contributed by atoms with Gasteiger partial charge in [0.05, 0.1) is 0 Å². The molecular weight excluding hydrogens is 322 g/mol. The molecule has 2 rings (SSSR count). The monoisotopic (exact) mass is 343 g/mol. The maximum atomic E-state index is 11.8. The van der Waals surface area contributed by atoms with Crippen LogP contribution in [0, 0.1) is 0 Å². The van der Waals surface area contributed by atoms with Gasteiger partial charge in [0.25, 0.3) is 5.91 Å². The molecular formula is C19H21NO5. The highest BCUT2D eigenvalue weighted by Gasteiger charge is 2.04. The smallest absolute Gasteiger partial charge is 0.303 e. The van der Waals surface area contributed by atoms with Crippen molar-refractivity contribution in [2.75, 3.05) is 18.7 Å². The summed E-state index contributed by atoms with van der Waals surface area (Å²) in [5.41, 5.74) is 1.70. The van der Waals surface area contributed by atoms with Gasteiger partial charge in [-0.3, -0.25) is 9.59 Å². The van der Waals surface area contributed by atoms with E-state index in [1.807, 2.05) is 30.3 Å². The highest BCUT2D eigenvalue weighted by molar-refractivity contribution is 5.91. The van der Waals surface area contributed by atoms with Crippen molar-refractivity contribution in [2.24, 2.45) is 0 Å². The lowest BCUT2D eigenvalue weighted by Crippen LogP contribution is -2.19. The number of aryl methyl sites for hydroxylation is 1. The van der Waals surface area contributed by atoms with Gasteiger partial charge in [-0.1, -0.05) is 30.3 Å². The Bertz CT molecular complexity index is 670. The largest absolute Gasteiger partial charge is 0.481 e. The van der Waals surface area contributed by atoms with Gasteiger partial charge < -0.3 is 19.9 Å². The molecule has 2 aromatic carbocycles. The molecule has 6 nitrogen and oxygen atoms in total. The van der Waals surface area contributed by atoms with E-state index in [-0.39, 0.29) is 25.7 Å². The van der Waals surface area contributed by atoms with E-state index in [1.165, 1.54) is 0 Å². The number of ether oxygens (including phenoxy) is 2. The summed E-state index contributed by atoms with van der Waals surface area (Å²) in [5, 5.41) is 11.3. The first-order chi connectivity index (χ1) is 12.1. The Balaban J connectivity index is 1.65. The summed E-state index contributed by atoms with van der Waals surface area (Å²) in [4.78, 5) is 22.3. The minimum Gasteiger partial charge on any atom is -0.481 e. The fourth-order valence-electron chi connectivity index (χ4n) is 2.16. The van der Waals surface area contributed by atoms with Crippen LogP contribution < -0.4 is 10.1 Å². The van der Waals surface area contributed by atoms with Crippen molar-refractivity contribution >= 4 is 17.6 Å². The SMILES string of the molecule is O=C(O)CCCc1ccc(NC(=O)COCOc2ccccc2)cc1. The lowest BCUT2D eigenvalue weighted by atomic mass is 10.1. The molecule has 2 aromatic rings. The third-order valence-corrected chi connectivity index (χ3v) is 3.38. The second-order valence-electron chi connectivity index (χ2n) is 5.42. The molecule has 25 heavy (non-hydrogen) atoms. The van der Waals surface area contributed by atoms with Crippen molar-refractivity contribution < 1.29 is 24.2 Å². The van der Waals surface area contributed by atoms with Gasteiger partial charge in [-0.05, 0) is 42.7 Å². The Hall–Kier alpha value is -2.86. The maximum Gasteiger partial charge on any atom is 0.303 e. The van der Waals surface area contributed by atoms with Crippen LogP contribution in [0.3, 0.4) is 0 Å². The van der Waals surface area contributed by atoms with Gasteiger partial charge in [0, 0.05) is 12.1 Å². The number of para-hydroxylation sites is 1. The number of anilines is 1. The summed E-state index contributed by atoms with van der Waals surface area (Å²) in [6.07, 6.45) is 1.44. The molecule has 132 valence electrons. The number of hydrogen-bond donors (Lipinski definition) is 2. The van der Waals surface area contributed by atoms with Crippen LogP contribution in [-0.2, 0) is 20.7 Å². The van der Waals surface area contributed by atoms with Crippen molar-refractivity contribution in [1.29, 1.82) is 0 Å². The van der Waals surface area contributed by atoms with Crippen LogP contribution >= 0.6 is 0 Å². The summed E-state index contributed by atoms with van der Waals surface area (Å²) < 4.78 is 10.5. The Morgan fingerprint density at radius 2 is 1.72 bits per heavy atom. The Labute approximate surface area is 146 Å². The molecule has 0 unspecified atom stereocenters. The number of benzene rings is 2. The highest BCUT2D eigenvalue weighted by Crippen LogP contribution is 2.12. The number of amides is 1. The number of carboxylic acid groups (broad SMARTS) is 1. The fraction of sp³-hybridized carbons (Fsp3) is 0.263. The highest BCUT2D eigenvalue weighted by atomic mass is 16.7. The van der Waals surface area contributed by atoms with Gasteiger partial charge in [-0.25, -0.2) is 0 Å². The summed E-state index contributed by atoms with van der Waals surface area (Å²) >= 11 is 0. The molecule has 0 fully saturated rings. The molecule has 0 aliphatic heterocycles. The third kappa shape index (κ3) is 7.50. The maximum absolute atomic E-state index is 11.8. The van der Waals surface area contributed by atoms with Crippen LogP contribution in [0.15, 0.2) is 54.6 Å². The van der Waals surface area contributed by atoms with E-state index in [9.17, 15) is 9.59 Å². The standard InChI is InChI=1S/C19H21NO5/c21-18(13-24-14-25-17-6-2-1-3-7-17)20-16-11-9-15(10-12-16)5-4-8-19(22)23/h1-3,6-7,9-12H,4-5,8,13-14H2,(H,20,21)(H,22,23). The number of aliphatic carboxylic acids is 1. The number of hydrogen-bond acceptors (Lipinski definition) is 4. The van der Waals surface area contributed by atoms with Crippen LogP contribution in [0.4, 0.5) is 5.69 Å². The molecule has 0 atom stereocenters. The third-order valence-electron chi connectivity index (χ3n) is 3.38. The van der Waals surface area contributed by atoms with E-state index in [0.29, 0.717) is 24.3 Å². The predicted molar refractivity (Wildman–Crippen MR) is 93.5 cm³/mol. The molecule has 0 aromatic heterocycles. The van der Waals surface area contributed by atoms with E-state index < -0.39 is 5.97 Å². The number of carbonyl (C=O) groups excluding carboxylic acids is 1. The molecule has 0 saturated carbocycles. The number of carboxylic acids is 1. The summed E-state index contributed by atoms with van der Waals surface area (Å²) in [6.45, 7) is -0.104. The first-order valence-corrected chi connectivity index (χ1v) is 7.99. The molecule has 0 aliphatic carbocycles. The minimum absolute atomic E-state index is 0.0000511. The summed E-state index contributed by atoms with van der Waals surface area (Å²) in [6, 6.07) is 16.5. The molecule has 0 radical (unpaired) electrons. The van der Waals surface area contributed by atoms with Crippen LogP contribution in [0.25, 0.3) is 0 Å². The summed E-state index contributed by atoms with van der Waals surface area (Å²) in [5.74, 6) is -0.378. The van der Waals surface area contributed by atoms with E-state index in [0.717, 1.165) is 5.56 Å². The average Bonchev–Trinajstić information content (AvgIpc) is 2.61. The number of nitrogens with one attached hydrogen (secondary N) is 1. The Morgan fingerprint density at radius 1 is 1.00 bits per heavy atom. The number of rotatable bonds is 10.